The van der Waals surface area contributed by atoms with Crippen LogP contribution in [0.5, 0.6) is 11.5 Å². The van der Waals surface area contributed by atoms with E-state index in [9.17, 15) is 19.1 Å². The van der Waals surface area contributed by atoms with Gasteiger partial charge in [-0.25, -0.2) is 4.39 Å². The summed E-state index contributed by atoms with van der Waals surface area (Å²) in [5.41, 5.74) is -0.0817. The number of hydrogen-bond acceptors (Lipinski definition) is 6. The minimum Gasteiger partial charge on any atom is -0.507 e. The fraction of sp³-hybridized carbons (Fsp3) is 0.360. The van der Waals surface area contributed by atoms with Crippen molar-refractivity contribution in [2.24, 2.45) is 0 Å². The van der Waals surface area contributed by atoms with E-state index in [1.165, 1.54) is 49.5 Å². The van der Waals surface area contributed by atoms with Crippen LogP contribution >= 0.6 is 11.6 Å². The van der Waals surface area contributed by atoms with Crippen LogP contribution < -0.4 is 9.47 Å². The molecular weight excluding hydrogens is 465 g/mol. The summed E-state index contributed by atoms with van der Waals surface area (Å²) in [6.45, 7) is 4.26. The number of likely N-dealkylation sites (tertiary alicyclic amines) is 1. The molecule has 0 aromatic heterocycles. The molecule has 1 N–H and O–H groups in total. The number of methoxy groups -OCH3 is 2. The Labute approximate surface area is 202 Å². The molecule has 1 amide bonds. The highest BCUT2D eigenvalue weighted by molar-refractivity contribution is 6.46. The number of carbonyl (C=O) groups is 2. The Balaban J connectivity index is 2.15. The second kappa shape index (κ2) is 10.9. The van der Waals surface area contributed by atoms with Gasteiger partial charge >= 0.3 is 0 Å². The summed E-state index contributed by atoms with van der Waals surface area (Å²) in [4.78, 5) is 27.4. The number of amides is 1. The molecule has 2 aromatic rings. The van der Waals surface area contributed by atoms with E-state index in [1.54, 1.807) is 6.07 Å². The van der Waals surface area contributed by atoms with E-state index < -0.39 is 29.3 Å². The van der Waals surface area contributed by atoms with Crippen molar-refractivity contribution in [1.82, 2.24) is 4.90 Å². The summed E-state index contributed by atoms with van der Waals surface area (Å²) in [6, 6.07) is 7.52. The molecule has 0 bridgehead atoms. The highest BCUT2D eigenvalue weighted by Gasteiger charge is 2.47. The van der Waals surface area contributed by atoms with Crippen molar-refractivity contribution in [3.63, 3.8) is 0 Å². The van der Waals surface area contributed by atoms with Gasteiger partial charge in [-0.3, -0.25) is 9.59 Å². The molecule has 1 fully saturated rings. The number of carbonyl (C=O) groups excluding carboxylic acids is 2. The molecule has 1 unspecified atom stereocenters. The van der Waals surface area contributed by atoms with Crippen LogP contribution in [0.15, 0.2) is 42.0 Å². The van der Waals surface area contributed by atoms with Gasteiger partial charge in [0.2, 0.25) is 0 Å². The quantitative estimate of drug-likeness (QED) is 0.236. The van der Waals surface area contributed by atoms with E-state index in [0.29, 0.717) is 18.8 Å². The summed E-state index contributed by atoms with van der Waals surface area (Å²) in [7, 11) is 2.80. The van der Waals surface area contributed by atoms with Crippen molar-refractivity contribution in [1.29, 1.82) is 0 Å². The largest absolute Gasteiger partial charge is 0.507 e. The second-order valence-corrected chi connectivity index (χ2v) is 8.38. The summed E-state index contributed by atoms with van der Waals surface area (Å²) in [6.07, 6.45) is 0.429. The number of ether oxygens (including phenoxy) is 3. The van der Waals surface area contributed by atoms with Crippen molar-refractivity contribution in [2.75, 3.05) is 27.4 Å². The highest BCUT2D eigenvalue weighted by atomic mass is 35.5. The van der Waals surface area contributed by atoms with Crippen LogP contribution in [0, 0.1) is 5.82 Å². The van der Waals surface area contributed by atoms with Crippen molar-refractivity contribution < 1.29 is 33.3 Å². The van der Waals surface area contributed by atoms with Gasteiger partial charge in [-0.05, 0) is 32.4 Å². The first kappa shape index (κ1) is 25.5. The number of rotatable bonds is 9. The van der Waals surface area contributed by atoms with Gasteiger partial charge in [-0.15, -0.1) is 0 Å². The lowest BCUT2D eigenvalue weighted by Gasteiger charge is -2.26. The van der Waals surface area contributed by atoms with Crippen LogP contribution in [0.1, 0.15) is 37.4 Å². The van der Waals surface area contributed by atoms with Gasteiger partial charge in [-0.2, -0.15) is 0 Å². The van der Waals surface area contributed by atoms with Gasteiger partial charge < -0.3 is 24.2 Å². The zero-order valence-corrected chi connectivity index (χ0v) is 20.2. The molecule has 3 rings (SSSR count). The number of benzene rings is 2. The predicted molar refractivity (Wildman–Crippen MR) is 126 cm³/mol. The van der Waals surface area contributed by atoms with Gasteiger partial charge in [0, 0.05) is 24.8 Å². The number of hydrogen-bond donors (Lipinski definition) is 1. The lowest BCUT2D eigenvalue weighted by Crippen LogP contribution is -2.31. The SMILES string of the molecule is COc1cc(OC)c(/C(O)=C2\C(=O)C(=O)N(CCCOC(C)C)C2c2ccccc2F)cc1Cl. The van der Waals surface area contributed by atoms with Crippen LogP contribution in [0.3, 0.4) is 0 Å². The molecule has 0 aliphatic carbocycles. The van der Waals surface area contributed by atoms with Gasteiger partial charge in [-0.1, -0.05) is 29.8 Å². The van der Waals surface area contributed by atoms with Crippen LogP contribution in [-0.4, -0.2) is 55.2 Å². The Kier molecular flexibility index (Phi) is 8.17. The lowest BCUT2D eigenvalue weighted by molar-refractivity contribution is -0.140. The number of Topliss-reactive ketones (excluding diaryl/α,β-unsaturated/α-hetero) is 1. The highest BCUT2D eigenvalue weighted by Crippen LogP contribution is 2.43. The van der Waals surface area contributed by atoms with Crippen LogP contribution in [-0.2, 0) is 14.3 Å². The van der Waals surface area contributed by atoms with Crippen molar-refractivity contribution in [3.05, 3.63) is 63.9 Å². The Morgan fingerprint density at radius 3 is 2.44 bits per heavy atom. The summed E-state index contributed by atoms with van der Waals surface area (Å²) < 4.78 is 30.9. The van der Waals surface area contributed by atoms with Crippen LogP contribution in [0.25, 0.3) is 5.76 Å². The molecule has 1 aliphatic heterocycles. The Morgan fingerprint density at radius 2 is 1.82 bits per heavy atom. The first-order valence-electron chi connectivity index (χ1n) is 10.8. The molecule has 9 heteroatoms. The minimum absolute atomic E-state index is 0.00469. The summed E-state index contributed by atoms with van der Waals surface area (Å²) >= 11 is 6.24. The fourth-order valence-electron chi connectivity index (χ4n) is 3.87. The number of aliphatic hydroxyl groups is 1. The molecule has 2 aromatic carbocycles. The van der Waals surface area contributed by atoms with E-state index in [4.69, 9.17) is 25.8 Å². The maximum absolute atomic E-state index is 14.9. The molecule has 1 aliphatic rings. The van der Waals surface area contributed by atoms with Crippen molar-refractivity contribution in [2.45, 2.75) is 32.4 Å². The molecule has 0 radical (unpaired) electrons. The zero-order chi connectivity index (χ0) is 25.0. The molecule has 7 nitrogen and oxygen atoms in total. The number of nitrogens with zero attached hydrogens (tertiary/aromatic N) is 1. The topological polar surface area (TPSA) is 85.3 Å². The Morgan fingerprint density at radius 1 is 1.15 bits per heavy atom. The predicted octanol–water partition coefficient (Wildman–Crippen LogP) is 4.73. The van der Waals surface area contributed by atoms with Crippen molar-refractivity contribution in [3.8, 4) is 11.5 Å². The third kappa shape index (κ3) is 5.03. The minimum atomic E-state index is -1.13. The Hall–Kier alpha value is -3.10. The number of halogens is 2. The normalized spacial score (nSPS) is 17.5. The third-order valence-corrected chi connectivity index (χ3v) is 5.76. The van der Waals surface area contributed by atoms with E-state index in [2.05, 4.69) is 0 Å². The monoisotopic (exact) mass is 491 g/mol. The number of ketones is 1. The fourth-order valence-corrected chi connectivity index (χ4v) is 4.12. The number of aliphatic hydroxyl groups excluding tert-OH is 1. The van der Waals surface area contributed by atoms with E-state index >= 15 is 0 Å². The Bertz CT molecular complexity index is 1120. The van der Waals surface area contributed by atoms with Gasteiger partial charge in [0.1, 0.15) is 23.1 Å². The average molecular weight is 492 g/mol. The zero-order valence-electron chi connectivity index (χ0n) is 19.4. The molecule has 1 atom stereocenters. The maximum atomic E-state index is 14.9. The maximum Gasteiger partial charge on any atom is 0.295 e. The van der Waals surface area contributed by atoms with Crippen molar-refractivity contribution >= 4 is 29.1 Å². The smallest absolute Gasteiger partial charge is 0.295 e. The second-order valence-electron chi connectivity index (χ2n) is 7.97. The summed E-state index contributed by atoms with van der Waals surface area (Å²) in [5, 5.41) is 11.4. The van der Waals surface area contributed by atoms with Crippen LogP contribution in [0.4, 0.5) is 4.39 Å². The first-order chi connectivity index (χ1) is 16.2. The molecule has 1 saturated heterocycles. The van der Waals surface area contributed by atoms with Gasteiger partial charge in [0.05, 0.1) is 42.5 Å². The third-order valence-electron chi connectivity index (χ3n) is 5.46. The van der Waals surface area contributed by atoms with E-state index in [0.717, 1.165) is 0 Å². The lowest BCUT2D eigenvalue weighted by atomic mass is 9.94. The van der Waals surface area contributed by atoms with E-state index in [-0.39, 0.29) is 40.1 Å². The molecule has 34 heavy (non-hydrogen) atoms. The first-order valence-corrected chi connectivity index (χ1v) is 11.1. The van der Waals surface area contributed by atoms with Gasteiger partial charge in [0.15, 0.2) is 0 Å². The van der Waals surface area contributed by atoms with Crippen LogP contribution in [0.2, 0.25) is 5.02 Å². The average Bonchev–Trinajstić information content (AvgIpc) is 3.06. The van der Waals surface area contributed by atoms with E-state index in [1.807, 2.05) is 13.8 Å². The van der Waals surface area contributed by atoms with Gasteiger partial charge in [0.25, 0.3) is 11.7 Å². The molecular formula is C25H27ClFNO6. The molecule has 182 valence electrons. The standard InChI is InChI=1S/C25H27ClFNO6/c1-14(2)34-11-7-10-28-22(15-8-5-6-9-18(15)27)21(24(30)25(28)31)23(29)16-12-17(26)20(33-4)13-19(16)32-3/h5-6,8-9,12-14,22,29H,7,10-11H2,1-4H3/b23-21+. The molecule has 0 saturated carbocycles. The molecule has 0 spiro atoms. The molecule has 1 heterocycles. The summed E-state index contributed by atoms with van der Waals surface area (Å²) in [5.74, 6) is -2.42.